The molecule has 0 unspecified atom stereocenters. The van der Waals surface area contributed by atoms with Gasteiger partial charge in [0, 0.05) is 31.2 Å². The van der Waals surface area contributed by atoms with Gasteiger partial charge in [0.1, 0.15) is 5.82 Å². The van der Waals surface area contributed by atoms with Gasteiger partial charge in [0.25, 0.3) is 5.91 Å². The van der Waals surface area contributed by atoms with Crippen LogP contribution in [0.2, 0.25) is 5.02 Å². The number of carbonyl (C=O) groups is 1. The van der Waals surface area contributed by atoms with Crippen LogP contribution in [0.25, 0.3) is 0 Å². The second-order valence-corrected chi connectivity index (χ2v) is 6.85. The van der Waals surface area contributed by atoms with Crippen LogP contribution in [0.3, 0.4) is 0 Å². The smallest absolute Gasteiger partial charge is 0.253 e. The van der Waals surface area contributed by atoms with E-state index >= 15 is 0 Å². The summed E-state index contributed by atoms with van der Waals surface area (Å²) in [6.07, 6.45) is 3.49. The van der Waals surface area contributed by atoms with Crippen molar-refractivity contribution in [1.82, 2.24) is 9.80 Å². The maximum absolute atomic E-state index is 13.5. The number of rotatable bonds is 2. The van der Waals surface area contributed by atoms with E-state index in [-0.39, 0.29) is 17.0 Å². The van der Waals surface area contributed by atoms with Crippen LogP contribution >= 0.6 is 11.6 Å². The van der Waals surface area contributed by atoms with Crippen LogP contribution in [0.15, 0.2) is 18.2 Å². The standard InChI is InChI=1S/C17H22ClFN2O2/c18-15-4-3-12(10-16(15)19)17(23)20-8-5-13(6-9-20)21-7-1-2-14(22)11-21/h3-4,10,13-14,22H,1-2,5-9,11H2/t14-/m1/s1. The fraction of sp³-hybridized carbons (Fsp3) is 0.588. The molecule has 0 aliphatic carbocycles. The molecule has 6 heteroatoms. The molecular weight excluding hydrogens is 319 g/mol. The molecule has 2 fully saturated rings. The molecule has 1 aromatic rings. The molecule has 0 aromatic heterocycles. The zero-order chi connectivity index (χ0) is 16.4. The Morgan fingerprint density at radius 3 is 2.61 bits per heavy atom. The summed E-state index contributed by atoms with van der Waals surface area (Å²) in [6.45, 7) is 3.10. The van der Waals surface area contributed by atoms with E-state index in [0.717, 1.165) is 38.8 Å². The topological polar surface area (TPSA) is 43.8 Å². The summed E-state index contributed by atoms with van der Waals surface area (Å²) in [5.74, 6) is -0.701. The number of aliphatic hydroxyl groups excluding tert-OH is 1. The van der Waals surface area contributed by atoms with Gasteiger partial charge in [-0.15, -0.1) is 0 Å². The maximum Gasteiger partial charge on any atom is 0.253 e. The number of carbonyl (C=O) groups excluding carboxylic acids is 1. The van der Waals surface area contributed by atoms with E-state index < -0.39 is 5.82 Å². The lowest BCUT2D eigenvalue weighted by Crippen LogP contribution is -2.50. The number of β-amino-alcohol motifs (C(OH)–C–C–N with tert-alkyl or cyclic N) is 1. The number of likely N-dealkylation sites (tertiary alicyclic amines) is 2. The van der Waals surface area contributed by atoms with Gasteiger partial charge in [0.05, 0.1) is 11.1 Å². The monoisotopic (exact) mass is 340 g/mol. The van der Waals surface area contributed by atoms with Crippen molar-refractivity contribution in [1.29, 1.82) is 0 Å². The van der Waals surface area contributed by atoms with Gasteiger partial charge in [0.15, 0.2) is 0 Å². The molecule has 126 valence electrons. The van der Waals surface area contributed by atoms with Gasteiger partial charge in [-0.05, 0) is 50.4 Å². The van der Waals surface area contributed by atoms with E-state index in [1.165, 1.54) is 12.1 Å². The van der Waals surface area contributed by atoms with Crippen LogP contribution in [-0.2, 0) is 0 Å². The first-order valence-electron chi connectivity index (χ1n) is 8.21. The van der Waals surface area contributed by atoms with Crippen LogP contribution in [0.1, 0.15) is 36.0 Å². The average Bonchev–Trinajstić information content (AvgIpc) is 2.57. The summed E-state index contributed by atoms with van der Waals surface area (Å²) in [6, 6.07) is 4.63. The molecule has 1 aromatic carbocycles. The molecule has 2 saturated heterocycles. The minimum atomic E-state index is -0.560. The number of amides is 1. The zero-order valence-corrected chi connectivity index (χ0v) is 13.8. The lowest BCUT2D eigenvalue weighted by atomic mass is 9.98. The van der Waals surface area contributed by atoms with Crippen molar-refractivity contribution in [2.45, 2.75) is 37.8 Å². The van der Waals surface area contributed by atoms with E-state index in [9.17, 15) is 14.3 Å². The van der Waals surface area contributed by atoms with Crippen molar-refractivity contribution in [3.63, 3.8) is 0 Å². The molecule has 0 saturated carbocycles. The van der Waals surface area contributed by atoms with Crippen LogP contribution < -0.4 is 0 Å². The van der Waals surface area contributed by atoms with Crippen molar-refractivity contribution < 1.29 is 14.3 Å². The Bertz CT molecular complexity index is 576. The Morgan fingerprint density at radius 1 is 1.22 bits per heavy atom. The third kappa shape index (κ3) is 3.84. The number of nitrogens with zero attached hydrogens (tertiary/aromatic N) is 2. The predicted molar refractivity (Wildman–Crippen MR) is 87.1 cm³/mol. The molecule has 3 rings (SSSR count). The van der Waals surface area contributed by atoms with Gasteiger partial charge in [-0.25, -0.2) is 4.39 Å². The molecule has 2 heterocycles. The summed E-state index contributed by atoms with van der Waals surface area (Å²) in [7, 11) is 0. The molecule has 1 atom stereocenters. The van der Waals surface area contributed by atoms with Gasteiger partial charge in [0.2, 0.25) is 0 Å². The van der Waals surface area contributed by atoms with Crippen LogP contribution in [-0.4, -0.2) is 59.1 Å². The number of benzene rings is 1. The molecule has 1 N–H and O–H groups in total. The molecule has 0 spiro atoms. The number of hydrogen-bond donors (Lipinski definition) is 1. The first-order valence-corrected chi connectivity index (χ1v) is 8.59. The highest BCUT2D eigenvalue weighted by Crippen LogP contribution is 2.23. The number of halogens is 2. The highest BCUT2D eigenvalue weighted by atomic mass is 35.5. The van der Waals surface area contributed by atoms with Gasteiger partial charge >= 0.3 is 0 Å². The first kappa shape index (κ1) is 16.7. The second-order valence-electron chi connectivity index (χ2n) is 6.44. The van der Waals surface area contributed by atoms with E-state index in [1.807, 2.05) is 0 Å². The predicted octanol–water partition coefficient (Wildman–Crippen LogP) is 2.54. The Balaban J connectivity index is 1.57. The van der Waals surface area contributed by atoms with Crippen molar-refractivity contribution in [3.05, 3.63) is 34.6 Å². The third-order valence-corrected chi connectivity index (χ3v) is 5.17. The van der Waals surface area contributed by atoms with E-state index in [2.05, 4.69) is 4.90 Å². The number of aliphatic hydroxyl groups is 1. The molecule has 23 heavy (non-hydrogen) atoms. The second kappa shape index (κ2) is 7.16. The lowest BCUT2D eigenvalue weighted by molar-refractivity contribution is 0.0240. The Morgan fingerprint density at radius 2 is 1.96 bits per heavy atom. The molecule has 2 aliphatic heterocycles. The highest BCUT2D eigenvalue weighted by Gasteiger charge is 2.30. The van der Waals surface area contributed by atoms with Crippen molar-refractivity contribution >= 4 is 17.5 Å². The average molecular weight is 341 g/mol. The van der Waals surface area contributed by atoms with Gasteiger partial charge < -0.3 is 10.0 Å². The largest absolute Gasteiger partial charge is 0.392 e. The minimum Gasteiger partial charge on any atom is -0.392 e. The Labute approximate surface area is 140 Å². The zero-order valence-electron chi connectivity index (χ0n) is 13.0. The maximum atomic E-state index is 13.5. The summed E-state index contributed by atoms with van der Waals surface area (Å²) in [5, 5.41) is 9.83. The molecule has 0 bridgehead atoms. The van der Waals surface area contributed by atoms with E-state index in [4.69, 9.17) is 11.6 Å². The third-order valence-electron chi connectivity index (χ3n) is 4.86. The first-order chi connectivity index (χ1) is 11.0. The van der Waals surface area contributed by atoms with Crippen LogP contribution in [0.4, 0.5) is 4.39 Å². The SMILES string of the molecule is O=C(c1ccc(Cl)c(F)c1)N1CCC(N2CCC[C@@H](O)C2)CC1. The molecule has 4 nitrogen and oxygen atoms in total. The summed E-state index contributed by atoms with van der Waals surface area (Å²) >= 11 is 5.66. The van der Waals surface area contributed by atoms with Crippen molar-refractivity contribution in [2.75, 3.05) is 26.2 Å². The van der Waals surface area contributed by atoms with Gasteiger partial charge in [-0.1, -0.05) is 11.6 Å². The lowest BCUT2D eigenvalue weighted by Gasteiger charge is -2.41. The van der Waals surface area contributed by atoms with Gasteiger partial charge in [-0.2, -0.15) is 0 Å². The summed E-state index contributed by atoms with van der Waals surface area (Å²) < 4.78 is 13.5. The quantitative estimate of drug-likeness (QED) is 0.899. The van der Waals surface area contributed by atoms with Crippen molar-refractivity contribution in [3.8, 4) is 0 Å². The molecule has 0 radical (unpaired) electrons. The Hall–Kier alpha value is -1.17. The van der Waals surface area contributed by atoms with Gasteiger partial charge in [-0.3, -0.25) is 9.69 Å². The van der Waals surface area contributed by atoms with E-state index in [1.54, 1.807) is 11.0 Å². The van der Waals surface area contributed by atoms with Crippen LogP contribution in [0, 0.1) is 5.82 Å². The molecule has 1 amide bonds. The fourth-order valence-electron chi connectivity index (χ4n) is 3.56. The summed E-state index contributed by atoms with van der Waals surface area (Å²) in [4.78, 5) is 16.6. The van der Waals surface area contributed by atoms with Crippen LogP contribution in [0.5, 0.6) is 0 Å². The fourth-order valence-corrected chi connectivity index (χ4v) is 3.68. The minimum absolute atomic E-state index is 0.0314. The highest BCUT2D eigenvalue weighted by molar-refractivity contribution is 6.30. The van der Waals surface area contributed by atoms with Crippen molar-refractivity contribution in [2.24, 2.45) is 0 Å². The van der Waals surface area contributed by atoms with E-state index in [0.29, 0.717) is 24.7 Å². The normalized spacial score (nSPS) is 24.0. The molecular formula is C17H22ClFN2O2. The molecule has 2 aliphatic rings. The number of piperidine rings is 2. The number of hydrogen-bond acceptors (Lipinski definition) is 3. The summed E-state index contributed by atoms with van der Waals surface area (Å²) in [5.41, 5.74) is 0.346. The Kier molecular flexibility index (Phi) is 5.19.